The van der Waals surface area contributed by atoms with Crippen molar-refractivity contribution in [3.8, 4) is 0 Å². The highest BCUT2D eigenvalue weighted by atomic mass is 16.4. The van der Waals surface area contributed by atoms with Gasteiger partial charge in [-0.2, -0.15) is 0 Å². The van der Waals surface area contributed by atoms with Crippen LogP contribution in [-0.2, 0) is 29.7 Å². The summed E-state index contributed by atoms with van der Waals surface area (Å²) in [7, 11) is 0. The largest absolute Gasteiger partial charge is 0.423 e. The van der Waals surface area contributed by atoms with Crippen LogP contribution < -0.4 is 5.63 Å². The zero-order valence-corrected chi connectivity index (χ0v) is 16.6. The molecule has 0 spiro atoms. The first kappa shape index (κ1) is 18.3. The van der Waals surface area contributed by atoms with E-state index in [1.807, 2.05) is 31.3 Å². The van der Waals surface area contributed by atoms with E-state index in [0.717, 1.165) is 28.0 Å². The molecule has 0 bridgehead atoms. The summed E-state index contributed by atoms with van der Waals surface area (Å²) in [6, 6.07) is 7.08. The van der Waals surface area contributed by atoms with Crippen LogP contribution in [0.1, 0.15) is 49.0 Å². The number of carbonyl (C=O) groups is 1. The highest BCUT2D eigenvalue weighted by Gasteiger charge is 2.28. The molecule has 3 heterocycles. The summed E-state index contributed by atoms with van der Waals surface area (Å²) in [4.78, 5) is 35.7. The van der Waals surface area contributed by atoms with Gasteiger partial charge in [0.2, 0.25) is 5.91 Å². The first-order chi connectivity index (χ1) is 13.2. The lowest BCUT2D eigenvalue weighted by Gasteiger charge is -2.16. The Balaban J connectivity index is 1.58. The third-order valence-corrected chi connectivity index (χ3v) is 5.01. The maximum Gasteiger partial charge on any atom is 0.336 e. The predicted molar refractivity (Wildman–Crippen MR) is 106 cm³/mol. The van der Waals surface area contributed by atoms with Gasteiger partial charge in [0.25, 0.3) is 0 Å². The maximum atomic E-state index is 12.9. The van der Waals surface area contributed by atoms with Crippen molar-refractivity contribution in [3.63, 3.8) is 0 Å². The van der Waals surface area contributed by atoms with Gasteiger partial charge in [-0.05, 0) is 24.1 Å². The number of aromatic nitrogens is 2. The van der Waals surface area contributed by atoms with Gasteiger partial charge >= 0.3 is 5.63 Å². The molecule has 144 valence electrons. The van der Waals surface area contributed by atoms with Gasteiger partial charge < -0.3 is 9.32 Å². The van der Waals surface area contributed by atoms with Gasteiger partial charge in [0.15, 0.2) is 0 Å². The van der Waals surface area contributed by atoms with Crippen molar-refractivity contribution in [3.05, 3.63) is 69.1 Å². The molecule has 4 rings (SSSR count). The van der Waals surface area contributed by atoms with E-state index in [-0.39, 0.29) is 17.7 Å². The van der Waals surface area contributed by atoms with Crippen molar-refractivity contribution in [1.29, 1.82) is 0 Å². The number of fused-ring (bicyclic) bond motifs is 2. The molecular formula is C22H23N3O3. The van der Waals surface area contributed by atoms with Gasteiger partial charge in [0, 0.05) is 35.2 Å². The molecular weight excluding hydrogens is 354 g/mol. The number of nitrogens with zero attached hydrogens (tertiary/aromatic N) is 3. The van der Waals surface area contributed by atoms with Crippen LogP contribution in [0.5, 0.6) is 0 Å². The second-order valence-electron chi connectivity index (χ2n) is 8.43. The molecule has 0 N–H and O–H groups in total. The van der Waals surface area contributed by atoms with Crippen molar-refractivity contribution in [2.24, 2.45) is 0 Å². The number of hydrogen-bond donors (Lipinski definition) is 0. The third-order valence-electron chi connectivity index (χ3n) is 5.01. The van der Waals surface area contributed by atoms with Gasteiger partial charge in [-0.1, -0.05) is 32.9 Å². The molecule has 1 aliphatic heterocycles. The zero-order valence-electron chi connectivity index (χ0n) is 16.6. The number of aryl methyl sites for hydroxylation is 1. The monoisotopic (exact) mass is 377 g/mol. The van der Waals surface area contributed by atoms with Crippen molar-refractivity contribution in [2.75, 3.05) is 0 Å². The Hall–Kier alpha value is -3.02. The van der Waals surface area contributed by atoms with Crippen molar-refractivity contribution in [1.82, 2.24) is 14.9 Å². The third kappa shape index (κ3) is 3.42. The van der Waals surface area contributed by atoms with Crippen molar-refractivity contribution in [2.45, 2.75) is 52.6 Å². The molecule has 0 unspecified atom stereocenters. The summed E-state index contributed by atoms with van der Waals surface area (Å²) in [5.41, 5.74) is 3.51. The second-order valence-corrected chi connectivity index (χ2v) is 8.43. The van der Waals surface area contributed by atoms with Crippen LogP contribution in [0.15, 0.2) is 39.7 Å². The standard InChI is InChI=1S/C22H23N3O3/c1-13-5-6-16-14(9-20(27)28-18(16)7-13)8-19(26)25-11-15-10-23-21(22(2,3)4)24-17(15)12-25/h5-7,9-10H,8,11-12H2,1-4H3. The van der Waals surface area contributed by atoms with Gasteiger partial charge in [-0.25, -0.2) is 14.8 Å². The van der Waals surface area contributed by atoms with Gasteiger partial charge in [-0.3, -0.25) is 4.79 Å². The Morgan fingerprint density at radius 2 is 2.00 bits per heavy atom. The van der Waals surface area contributed by atoms with Crippen LogP contribution in [0.4, 0.5) is 0 Å². The zero-order chi connectivity index (χ0) is 20.1. The lowest BCUT2D eigenvalue weighted by molar-refractivity contribution is -0.131. The Morgan fingerprint density at radius 3 is 2.75 bits per heavy atom. The second kappa shape index (κ2) is 6.55. The molecule has 0 aliphatic carbocycles. The molecule has 3 aromatic rings. The average molecular weight is 377 g/mol. The summed E-state index contributed by atoms with van der Waals surface area (Å²) in [5, 5.41) is 0.796. The van der Waals surface area contributed by atoms with E-state index in [2.05, 4.69) is 30.7 Å². The van der Waals surface area contributed by atoms with E-state index >= 15 is 0 Å². The summed E-state index contributed by atoms with van der Waals surface area (Å²) < 4.78 is 5.29. The van der Waals surface area contributed by atoms with Gasteiger partial charge in [-0.15, -0.1) is 0 Å². The summed E-state index contributed by atoms with van der Waals surface area (Å²) in [6.45, 7) is 9.11. The summed E-state index contributed by atoms with van der Waals surface area (Å²) in [6.07, 6.45) is 1.98. The predicted octanol–water partition coefficient (Wildman–Crippen LogP) is 3.27. The minimum absolute atomic E-state index is 0.0391. The average Bonchev–Trinajstić information content (AvgIpc) is 3.03. The van der Waals surface area contributed by atoms with E-state index in [0.29, 0.717) is 24.2 Å². The van der Waals surface area contributed by atoms with Crippen LogP contribution in [-0.4, -0.2) is 20.8 Å². The summed E-state index contributed by atoms with van der Waals surface area (Å²) >= 11 is 0. The molecule has 1 amide bonds. The maximum absolute atomic E-state index is 12.9. The number of rotatable bonds is 2. The van der Waals surface area contributed by atoms with Crippen LogP contribution in [0.3, 0.4) is 0 Å². The molecule has 0 fully saturated rings. The van der Waals surface area contributed by atoms with E-state index in [1.165, 1.54) is 6.07 Å². The van der Waals surface area contributed by atoms with Crippen LogP contribution in [0.2, 0.25) is 0 Å². The van der Waals surface area contributed by atoms with Crippen LogP contribution in [0, 0.1) is 6.92 Å². The van der Waals surface area contributed by atoms with Crippen molar-refractivity contribution >= 4 is 16.9 Å². The fourth-order valence-corrected chi connectivity index (χ4v) is 3.45. The molecule has 6 nitrogen and oxygen atoms in total. The van der Waals surface area contributed by atoms with Crippen LogP contribution >= 0.6 is 0 Å². The lowest BCUT2D eigenvalue weighted by Crippen LogP contribution is -2.27. The molecule has 1 aliphatic rings. The fourth-order valence-electron chi connectivity index (χ4n) is 3.45. The Morgan fingerprint density at radius 1 is 1.21 bits per heavy atom. The van der Waals surface area contributed by atoms with Gasteiger partial charge in [0.1, 0.15) is 11.4 Å². The normalized spacial score (nSPS) is 13.8. The number of hydrogen-bond acceptors (Lipinski definition) is 5. The molecule has 1 aromatic carbocycles. The highest BCUT2D eigenvalue weighted by Crippen LogP contribution is 2.26. The first-order valence-corrected chi connectivity index (χ1v) is 9.37. The van der Waals surface area contributed by atoms with E-state index < -0.39 is 5.63 Å². The topological polar surface area (TPSA) is 76.3 Å². The quantitative estimate of drug-likeness (QED) is 0.641. The smallest absolute Gasteiger partial charge is 0.336 e. The highest BCUT2D eigenvalue weighted by molar-refractivity contribution is 5.87. The lowest BCUT2D eigenvalue weighted by atomic mass is 9.95. The Kier molecular flexibility index (Phi) is 4.29. The minimum atomic E-state index is -0.439. The molecule has 0 saturated heterocycles. The molecule has 28 heavy (non-hydrogen) atoms. The van der Waals surface area contributed by atoms with Crippen molar-refractivity contribution < 1.29 is 9.21 Å². The number of carbonyl (C=O) groups excluding carboxylic acids is 1. The molecule has 2 aromatic heterocycles. The molecule has 0 saturated carbocycles. The summed E-state index contributed by atoms with van der Waals surface area (Å²) in [5.74, 6) is 0.741. The number of amides is 1. The van der Waals surface area contributed by atoms with Gasteiger partial charge in [0.05, 0.1) is 18.7 Å². The van der Waals surface area contributed by atoms with E-state index in [1.54, 1.807) is 4.90 Å². The minimum Gasteiger partial charge on any atom is -0.423 e. The Bertz CT molecular complexity index is 1140. The van der Waals surface area contributed by atoms with E-state index in [9.17, 15) is 9.59 Å². The number of benzene rings is 1. The SMILES string of the molecule is Cc1ccc2c(CC(=O)N3Cc4cnc(C(C)(C)C)nc4C3)cc(=O)oc2c1. The molecule has 6 heteroatoms. The first-order valence-electron chi connectivity index (χ1n) is 9.37. The molecule has 0 radical (unpaired) electrons. The Labute approximate surface area is 163 Å². The van der Waals surface area contributed by atoms with E-state index in [4.69, 9.17) is 4.42 Å². The van der Waals surface area contributed by atoms with Crippen LogP contribution in [0.25, 0.3) is 11.0 Å². The molecule has 0 atom stereocenters. The fraction of sp³-hybridized carbons (Fsp3) is 0.364.